The topological polar surface area (TPSA) is 49.8 Å². The summed E-state index contributed by atoms with van der Waals surface area (Å²) in [5.41, 5.74) is 0.794. The fourth-order valence-corrected chi connectivity index (χ4v) is 4.03. The summed E-state index contributed by atoms with van der Waals surface area (Å²) in [6, 6.07) is 5.42. The van der Waals surface area contributed by atoms with E-state index >= 15 is 0 Å². The van der Waals surface area contributed by atoms with Gasteiger partial charge in [-0.1, -0.05) is 25.0 Å². The van der Waals surface area contributed by atoms with E-state index in [1.54, 1.807) is 12.1 Å². The molecule has 24 heavy (non-hydrogen) atoms. The van der Waals surface area contributed by atoms with Gasteiger partial charge in [0.15, 0.2) is 0 Å². The minimum atomic E-state index is -4.71. The Morgan fingerprint density at radius 2 is 1.88 bits per heavy atom. The molecule has 1 N–H and O–H groups in total. The van der Waals surface area contributed by atoms with Crippen molar-refractivity contribution in [3.8, 4) is 5.75 Å². The van der Waals surface area contributed by atoms with Crippen molar-refractivity contribution < 1.29 is 27.8 Å². The van der Waals surface area contributed by atoms with Gasteiger partial charge in [0.25, 0.3) is 0 Å². The van der Waals surface area contributed by atoms with Gasteiger partial charge in [0.05, 0.1) is 0 Å². The Hall–Kier alpha value is -1.76. The molecule has 1 heterocycles. The minimum Gasteiger partial charge on any atom is -0.480 e. The fourth-order valence-electron chi connectivity index (χ4n) is 4.03. The quantitative estimate of drug-likeness (QED) is 0.903. The first-order valence-corrected chi connectivity index (χ1v) is 8.17. The summed E-state index contributed by atoms with van der Waals surface area (Å²) in [6.45, 7) is 0.435. The van der Waals surface area contributed by atoms with Gasteiger partial charge in [-0.2, -0.15) is 0 Å². The molecule has 0 bridgehead atoms. The summed E-state index contributed by atoms with van der Waals surface area (Å²) in [7, 11) is 0. The zero-order chi connectivity index (χ0) is 17.3. The van der Waals surface area contributed by atoms with E-state index in [4.69, 9.17) is 0 Å². The number of aliphatic carboxylic acids is 1. The third-order valence-electron chi connectivity index (χ3n) is 5.03. The highest BCUT2D eigenvalue weighted by molar-refractivity contribution is 5.74. The molecular weight excluding hydrogens is 323 g/mol. The second-order valence-corrected chi connectivity index (χ2v) is 6.57. The first-order chi connectivity index (χ1) is 11.3. The second-order valence-electron chi connectivity index (χ2n) is 6.57. The molecule has 1 aromatic carbocycles. The molecule has 3 rings (SSSR count). The lowest BCUT2D eigenvalue weighted by Crippen LogP contribution is -2.41. The number of carbonyl (C=O) groups is 1. The first kappa shape index (κ1) is 17.1. The molecule has 7 heteroatoms. The number of hydrogen-bond acceptors (Lipinski definition) is 3. The van der Waals surface area contributed by atoms with Crippen LogP contribution in [0.2, 0.25) is 0 Å². The minimum absolute atomic E-state index is 0.256. The Morgan fingerprint density at radius 3 is 2.50 bits per heavy atom. The average Bonchev–Trinajstić information content (AvgIpc) is 2.87. The molecule has 1 aliphatic heterocycles. The SMILES string of the molecule is O=C(O)[C@@H]1C[C@@H]2CCCC[C@@H]2N1Cc1ccc(OC(F)(F)F)cc1. The highest BCUT2D eigenvalue weighted by Gasteiger charge is 2.44. The summed E-state index contributed by atoms with van der Waals surface area (Å²) in [6.07, 6.45) is 0.246. The molecule has 1 aliphatic carbocycles. The van der Waals surface area contributed by atoms with Crippen LogP contribution in [0.15, 0.2) is 24.3 Å². The Bertz CT molecular complexity index is 588. The van der Waals surface area contributed by atoms with Crippen LogP contribution in [0, 0.1) is 5.92 Å². The maximum atomic E-state index is 12.2. The van der Waals surface area contributed by atoms with E-state index in [1.165, 1.54) is 12.1 Å². The Labute approximate surface area is 138 Å². The van der Waals surface area contributed by atoms with E-state index in [0.29, 0.717) is 18.9 Å². The number of ether oxygens (including phenoxy) is 1. The number of likely N-dealkylation sites (tertiary alicyclic amines) is 1. The highest BCUT2D eigenvalue weighted by Crippen LogP contribution is 2.40. The lowest BCUT2D eigenvalue weighted by atomic mass is 9.84. The van der Waals surface area contributed by atoms with Crippen molar-refractivity contribution in [2.75, 3.05) is 0 Å². The van der Waals surface area contributed by atoms with Gasteiger partial charge in [0.1, 0.15) is 11.8 Å². The van der Waals surface area contributed by atoms with Gasteiger partial charge in [-0.05, 0) is 42.9 Å². The molecule has 0 aromatic heterocycles. The monoisotopic (exact) mass is 343 g/mol. The Morgan fingerprint density at radius 1 is 1.21 bits per heavy atom. The number of carboxylic acid groups (broad SMARTS) is 1. The van der Waals surface area contributed by atoms with E-state index in [9.17, 15) is 23.1 Å². The van der Waals surface area contributed by atoms with Gasteiger partial charge in [-0.15, -0.1) is 13.2 Å². The van der Waals surface area contributed by atoms with Gasteiger partial charge in [-0.3, -0.25) is 9.69 Å². The second kappa shape index (κ2) is 6.63. The van der Waals surface area contributed by atoms with Crippen molar-refractivity contribution in [3.63, 3.8) is 0 Å². The largest absolute Gasteiger partial charge is 0.573 e. The molecule has 0 radical (unpaired) electrons. The van der Waals surface area contributed by atoms with Crippen molar-refractivity contribution >= 4 is 5.97 Å². The molecule has 2 aliphatic rings. The van der Waals surface area contributed by atoms with E-state index in [-0.39, 0.29) is 11.8 Å². The van der Waals surface area contributed by atoms with Gasteiger partial charge >= 0.3 is 12.3 Å². The summed E-state index contributed by atoms with van der Waals surface area (Å²) in [5, 5.41) is 9.49. The van der Waals surface area contributed by atoms with Crippen LogP contribution in [-0.2, 0) is 11.3 Å². The molecule has 4 nitrogen and oxygen atoms in total. The molecule has 3 atom stereocenters. The van der Waals surface area contributed by atoms with Gasteiger partial charge in [0, 0.05) is 12.6 Å². The number of hydrogen-bond donors (Lipinski definition) is 1. The lowest BCUT2D eigenvalue weighted by Gasteiger charge is -2.33. The van der Waals surface area contributed by atoms with E-state index in [0.717, 1.165) is 31.2 Å². The van der Waals surface area contributed by atoms with Crippen molar-refractivity contribution in [3.05, 3.63) is 29.8 Å². The van der Waals surface area contributed by atoms with Crippen molar-refractivity contribution in [1.82, 2.24) is 4.90 Å². The number of carboxylic acids is 1. The molecule has 2 fully saturated rings. The van der Waals surface area contributed by atoms with Gasteiger partial charge < -0.3 is 9.84 Å². The first-order valence-electron chi connectivity index (χ1n) is 8.17. The zero-order valence-electron chi connectivity index (χ0n) is 13.1. The van der Waals surface area contributed by atoms with Gasteiger partial charge in [-0.25, -0.2) is 0 Å². The molecule has 0 amide bonds. The highest BCUT2D eigenvalue weighted by atomic mass is 19.4. The van der Waals surface area contributed by atoms with Crippen LogP contribution < -0.4 is 4.74 Å². The van der Waals surface area contributed by atoms with Crippen molar-refractivity contribution in [1.29, 1.82) is 0 Å². The van der Waals surface area contributed by atoms with Crippen LogP contribution in [0.5, 0.6) is 5.75 Å². The maximum absolute atomic E-state index is 12.2. The molecule has 1 saturated heterocycles. The number of benzene rings is 1. The average molecular weight is 343 g/mol. The van der Waals surface area contributed by atoms with Gasteiger partial charge in [0.2, 0.25) is 0 Å². The number of alkyl halides is 3. The molecule has 132 valence electrons. The third kappa shape index (κ3) is 3.83. The lowest BCUT2D eigenvalue weighted by molar-refractivity contribution is -0.274. The van der Waals surface area contributed by atoms with E-state index in [1.807, 2.05) is 4.90 Å². The maximum Gasteiger partial charge on any atom is 0.573 e. The molecule has 0 unspecified atom stereocenters. The predicted octanol–water partition coefficient (Wildman–Crippen LogP) is 3.80. The number of nitrogens with zero attached hydrogens (tertiary/aromatic N) is 1. The number of rotatable bonds is 4. The Kier molecular flexibility index (Phi) is 4.71. The summed E-state index contributed by atoms with van der Waals surface area (Å²) in [4.78, 5) is 13.6. The summed E-state index contributed by atoms with van der Waals surface area (Å²) in [5.74, 6) is -0.674. The molecule has 0 spiro atoms. The molecular formula is C17H20F3NO3. The normalized spacial score (nSPS) is 27.7. The smallest absolute Gasteiger partial charge is 0.480 e. The van der Waals surface area contributed by atoms with Crippen LogP contribution >= 0.6 is 0 Å². The van der Waals surface area contributed by atoms with E-state index < -0.39 is 18.4 Å². The fraction of sp³-hybridized carbons (Fsp3) is 0.588. The summed E-state index contributed by atoms with van der Waals surface area (Å²) < 4.78 is 40.5. The van der Waals surface area contributed by atoms with E-state index in [2.05, 4.69) is 4.74 Å². The van der Waals surface area contributed by atoms with Crippen LogP contribution in [0.3, 0.4) is 0 Å². The number of halogens is 3. The third-order valence-corrected chi connectivity index (χ3v) is 5.03. The molecule has 1 aromatic rings. The summed E-state index contributed by atoms with van der Waals surface area (Å²) >= 11 is 0. The standard InChI is InChI=1S/C17H20F3NO3/c18-17(19,20)24-13-7-5-11(6-8-13)10-21-14-4-2-1-3-12(14)9-15(21)16(22)23/h5-8,12,14-15H,1-4,9-10H2,(H,22,23)/t12-,14-,15-/m0/s1. The Balaban J connectivity index is 1.72. The van der Waals surface area contributed by atoms with Crippen LogP contribution in [0.25, 0.3) is 0 Å². The molecule has 1 saturated carbocycles. The van der Waals surface area contributed by atoms with Crippen LogP contribution in [0.4, 0.5) is 13.2 Å². The van der Waals surface area contributed by atoms with Crippen molar-refractivity contribution in [2.45, 2.75) is 57.1 Å². The predicted molar refractivity (Wildman–Crippen MR) is 80.5 cm³/mol. The zero-order valence-corrected chi connectivity index (χ0v) is 13.1. The van der Waals surface area contributed by atoms with Crippen LogP contribution in [-0.4, -0.2) is 34.4 Å². The van der Waals surface area contributed by atoms with Crippen molar-refractivity contribution in [2.24, 2.45) is 5.92 Å². The van der Waals surface area contributed by atoms with Crippen LogP contribution in [0.1, 0.15) is 37.7 Å². The number of fused-ring (bicyclic) bond motifs is 1.